The Balaban J connectivity index is 1.79. The van der Waals surface area contributed by atoms with E-state index in [-0.39, 0.29) is 11.9 Å². The van der Waals surface area contributed by atoms with Crippen molar-refractivity contribution < 1.29 is 9.59 Å². The van der Waals surface area contributed by atoms with Crippen LogP contribution in [0.5, 0.6) is 0 Å². The van der Waals surface area contributed by atoms with Gasteiger partial charge in [-0.3, -0.25) is 9.69 Å². The smallest absolute Gasteiger partial charge is 0.313 e. The molecule has 2 fully saturated rings. The van der Waals surface area contributed by atoms with Gasteiger partial charge >= 0.3 is 6.03 Å². The van der Waals surface area contributed by atoms with Crippen molar-refractivity contribution in [3.8, 4) is 0 Å². The zero-order valence-electron chi connectivity index (χ0n) is 12.9. The third-order valence-electron chi connectivity index (χ3n) is 5.24. The van der Waals surface area contributed by atoms with E-state index >= 15 is 0 Å². The normalized spacial score (nSPS) is 29.6. The second-order valence-corrected chi connectivity index (χ2v) is 6.43. The van der Waals surface area contributed by atoms with Gasteiger partial charge in [0.2, 0.25) is 0 Å². The van der Waals surface area contributed by atoms with Crippen LogP contribution >= 0.6 is 0 Å². The first-order valence-corrected chi connectivity index (χ1v) is 7.58. The monoisotopic (exact) mass is 286 g/mol. The molecule has 1 heterocycles. The Hall–Kier alpha value is -1.84. The highest BCUT2D eigenvalue weighted by molar-refractivity contribution is 6.06. The summed E-state index contributed by atoms with van der Waals surface area (Å²) in [5.41, 5.74) is 2.04. The molecule has 21 heavy (non-hydrogen) atoms. The van der Waals surface area contributed by atoms with Gasteiger partial charge in [0.15, 0.2) is 0 Å². The number of hydrogen-bond acceptors (Lipinski definition) is 2. The molecule has 1 aliphatic carbocycles. The fourth-order valence-electron chi connectivity index (χ4n) is 3.85. The van der Waals surface area contributed by atoms with Crippen LogP contribution in [0, 0.1) is 6.92 Å². The van der Waals surface area contributed by atoms with Crippen LogP contribution in [0.25, 0.3) is 0 Å². The van der Waals surface area contributed by atoms with Crippen LogP contribution in [0.15, 0.2) is 24.3 Å². The van der Waals surface area contributed by atoms with Crippen LogP contribution < -0.4 is 0 Å². The molecule has 3 amide bonds. The van der Waals surface area contributed by atoms with Gasteiger partial charge in [-0.1, -0.05) is 29.8 Å². The molecule has 0 unspecified atom stereocenters. The average molecular weight is 286 g/mol. The number of benzene rings is 1. The van der Waals surface area contributed by atoms with Crippen LogP contribution in [-0.4, -0.2) is 41.4 Å². The van der Waals surface area contributed by atoms with Gasteiger partial charge in [-0.2, -0.15) is 0 Å². The summed E-state index contributed by atoms with van der Waals surface area (Å²) in [5.74, 6) is 0.468. The van der Waals surface area contributed by atoms with Gasteiger partial charge in [0.1, 0.15) is 5.54 Å². The highest BCUT2D eigenvalue weighted by Crippen LogP contribution is 2.44. The quantitative estimate of drug-likeness (QED) is 0.745. The number of urea groups is 1. The molecular weight excluding hydrogens is 264 g/mol. The number of likely N-dealkylation sites (N-methyl/N-ethyl adjacent to an activating group) is 2. The molecule has 0 atom stereocenters. The Morgan fingerprint density at radius 2 is 1.81 bits per heavy atom. The summed E-state index contributed by atoms with van der Waals surface area (Å²) >= 11 is 0. The van der Waals surface area contributed by atoms with Gasteiger partial charge in [0, 0.05) is 14.1 Å². The molecule has 0 aromatic heterocycles. The Morgan fingerprint density at radius 1 is 1.14 bits per heavy atom. The summed E-state index contributed by atoms with van der Waals surface area (Å²) in [6, 6.07) is 8.44. The molecule has 1 saturated heterocycles. The number of carbonyl (C=O) groups excluding carboxylic acids is 2. The van der Waals surface area contributed by atoms with Crippen LogP contribution in [-0.2, 0) is 4.79 Å². The van der Waals surface area contributed by atoms with Gasteiger partial charge in [0.05, 0.1) is 0 Å². The molecular formula is C17H22N2O2. The minimum atomic E-state index is -0.591. The standard InChI is InChI=1S/C17H22N2O2/c1-12-5-4-6-14(11-12)13-7-9-17(10-8-13)15(20)18(2)16(21)19(17)3/h4-6,11,13H,7-10H2,1-3H3. The second-order valence-electron chi connectivity index (χ2n) is 6.43. The van der Waals surface area contributed by atoms with E-state index in [2.05, 4.69) is 31.2 Å². The molecule has 112 valence electrons. The van der Waals surface area contributed by atoms with Crippen LogP contribution in [0.2, 0.25) is 0 Å². The summed E-state index contributed by atoms with van der Waals surface area (Å²) in [4.78, 5) is 27.4. The lowest BCUT2D eigenvalue weighted by Crippen LogP contribution is -2.50. The van der Waals surface area contributed by atoms with Gasteiger partial charge in [0.25, 0.3) is 5.91 Å². The number of carbonyl (C=O) groups is 2. The molecule has 1 aromatic rings. The van der Waals surface area contributed by atoms with E-state index in [1.54, 1.807) is 19.0 Å². The summed E-state index contributed by atoms with van der Waals surface area (Å²) in [6.07, 6.45) is 3.44. The molecule has 2 aliphatic rings. The Bertz CT molecular complexity index is 588. The molecule has 1 aromatic carbocycles. The van der Waals surface area contributed by atoms with Gasteiger partial charge in [-0.25, -0.2) is 4.79 Å². The fourth-order valence-corrected chi connectivity index (χ4v) is 3.85. The summed E-state index contributed by atoms with van der Waals surface area (Å²) in [6.45, 7) is 2.11. The Labute approximate surface area is 125 Å². The highest BCUT2D eigenvalue weighted by atomic mass is 16.2. The number of hydrogen-bond donors (Lipinski definition) is 0. The van der Waals surface area contributed by atoms with E-state index in [1.807, 2.05) is 0 Å². The average Bonchev–Trinajstić information content (AvgIpc) is 2.65. The van der Waals surface area contributed by atoms with Crippen LogP contribution in [0.1, 0.15) is 42.7 Å². The SMILES string of the molecule is Cc1cccc(C2CCC3(CC2)C(=O)N(C)C(=O)N3C)c1. The van der Waals surface area contributed by atoms with Crippen molar-refractivity contribution in [1.29, 1.82) is 0 Å². The van der Waals surface area contributed by atoms with Crippen LogP contribution in [0.4, 0.5) is 4.79 Å². The van der Waals surface area contributed by atoms with Crippen molar-refractivity contribution in [2.75, 3.05) is 14.1 Å². The first-order chi connectivity index (χ1) is 9.95. The fraction of sp³-hybridized carbons (Fsp3) is 0.529. The van der Waals surface area contributed by atoms with Crippen molar-refractivity contribution in [2.24, 2.45) is 0 Å². The minimum Gasteiger partial charge on any atom is -0.313 e. The zero-order valence-corrected chi connectivity index (χ0v) is 12.9. The predicted molar refractivity (Wildman–Crippen MR) is 81.0 cm³/mol. The van der Waals surface area contributed by atoms with Crippen molar-refractivity contribution in [3.63, 3.8) is 0 Å². The summed E-state index contributed by atoms with van der Waals surface area (Å²) in [5, 5.41) is 0. The highest BCUT2D eigenvalue weighted by Gasteiger charge is 2.55. The van der Waals surface area contributed by atoms with Gasteiger partial charge in [-0.15, -0.1) is 0 Å². The zero-order chi connectivity index (χ0) is 15.2. The Kier molecular flexibility index (Phi) is 3.27. The molecule has 4 nitrogen and oxygen atoms in total. The maximum Gasteiger partial charge on any atom is 0.327 e. The number of imide groups is 1. The lowest BCUT2D eigenvalue weighted by molar-refractivity contribution is -0.133. The van der Waals surface area contributed by atoms with Crippen molar-refractivity contribution in [3.05, 3.63) is 35.4 Å². The van der Waals surface area contributed by atoms with Crippen LogP contribution in [0.3, 0.4) is 0 Å². The molecule has 1 spiro atoms. The van der Waals surface area contributed by atoms with E-state index in [9.17, 15) is 9.59 Å². The second kappa shape index (κ2) is 4.86. The number of aryl methyl sites for hydroxylation is 1. The lowest BCUT2D eigenvalue weighted by atomic mass is 9.73. The number of nitrogens with zero attached hydrogens (tertiary/aromatic N) is 2. The molecule has 0 N–H and O–H groups in total. The van der Waals surface area contributed by atoms with Crippen molar-refractivity contribution in [2.45, 2.75) is 44.1 Å². The third-order valence-corrected chi connectivity index (χ3v) is 5.24. The molecule has 0 bridgehead atoms. The number of amides is 3. The minimum absolute atomic E-state index is 0.0299. The third kappa shape index (κ3) is 2.04. The first kappa shape index (κ1) is 14.1. The van der Waals surface area contributed by atoms with E-state index in [0.29, 0.717) is 5.92 Å². The Morgan fingerprint density at radius 3 is 2.33 bits per heavy atom. The molecule has 3 rings (SSSR count). The van der Waals surface area contributed by atoms with E-state index in [4.69, 9.17) is 0 Å². The van der Waals surface area contributed by atoms with Crippen molar-refractivity contribution in [1.82, 2.24) is 9.80 Å². The lowest BCUT2D eigenvalue weighted by Gasteiger charge is -2.39. The maximum absolute atomic E-state index is 12.5. The number of rotatable bonds is 1. The van der Waals surface area contributed by atoms with E-state index < -0.39 is 5.54 Å². The molecule has 4 heteroatoms. The maximum atomic E-state index is 12.5. The van der Waals surface area contributed by atoms with E-state index in [0.717, 1.165) is 25.7 Å². The summed E-state index contributed by atoms with van der Waals surface area (Å²) in [7, 11) is 3.35. The largest absolute Gasteiger partial charge is 0.327 e. The topological polar surface area (TPSA) is 40.6 Å². The van der Waals surface area contributed by atoms with Crippen molar-refractivity contribution >= 4 is 11.9 Å². The van der Waals surface area contributed by atoms with Gasteiger partial charge in [-0.05, 0) is 44.1 Å². The predicted octanol–water partition coefficient (Wildman–Crippen LogP) is 2.92. The molecule has 0 radical (unpaired) electrons. The van der Waals surface area contributed by atoms with Gasteiger partial charge < -0.3 is 4.90 Å². The van der Waals surface area contributed by atoms with E-state index in [1.165, 1.54) is 16.0 Å². The summed E-state index contributed by atoms with van der Waals surface area (Å²) < 4.78 is 0. The molecule has 1 saturated carbocycles. The molecule has 1 aliphatic heterocycles. The first-order valence-electron chi connectivity index (χ1n) is 7.58.